The van der Waals surface area contributed by atoms with Crippen molar-refractivity contribution in [2.24, 2.45) is 0 Å². The van der Waals surface area contributed by atoms with Crippen molar-refractivity contribution in [3.05, 3.63) is 29.6 Å². The van der Waals surface area contributed by atoms with Crippen LogP contribution >= 0.6 is 0 Å². The van der Waals surface area contributed by atoms with Crippen molar-refractivity contribution in [3.8, 4) is 0 Å². The first kappa shape index (κ1) is 23.2. The van der Waals surface area contributed by atoms with Gasteiger partial charge in [0.2, 0.25) is 16.4 Å². The van der Waals surface area contributed by atoms with Crippen LogP contribution in [-0.4, -0.2) is 77.8 Å². The van der Waals surface area contributed by atoms with Crippen LogP contribution in [0.15, 0.2) is 18.3 Å². The molecule has 0 atom stereocenters. The smallest absolute Gasteiger partial charge is 0.255 e. The number of sulfonamides is 1. The zero-order valence-corrected chi connectivity index (χ0v) is 19.3. The summed E-state index contributed by atoms with van der Waals surface area (Å²) in [5.41, 5.74) is 1.98. The number of carbonyl (C=O) groups is 2. The maximum absolute atomic E-state index is 13.1. The molecule has 3 heterocycles. The van der Waals surface area contributed by atoms with Gasteiger partial charge < -0.3 is 4.90 Å². The second-order valence-corrected chi connectivity index (χ2v) is 9.88. The average molecular weight is 450 g/mol. The normalized spacial score (nSPS) is 15.4. The van der Waals surface area contributed by atoms with E-state index in [1.165, 1.54) is 4.31 Å². The molecule has 1 aliphatic heterocycles. The fraction of sp³-hybridized carbons (Fsp3) is 0.571. The number of hydrogen-bond acceptors (Lipinski definition) is 5. The van der Waals surface area contributed by atoms with Crippen LogP contribution in [0.25, 0.3) is 5.65 Å². The van der Waals surface area contributed by atoms with Gasteiger partial charge in [0.15, 0.2) is 0 Å². The second kappa shape index (κ2) is 9.78. The van der Waals surface area contributed by atoms with Crippen LogP contribution in [0.3, 0.4) is 0 Å². The SMILES string of the molecule is CCCCN(C=O)c1c(CC)nc2ccc(C(=O)N3CCN(S(=O)(=O)CC)CC3)cn12. The molecule has 170 valence electrons. The Morgan fingerprint density at radius 1 is 1.16 bits per heavy atom. The molecule has 31 heavy (non-hydrogen) atoms. The Hall–Kier alpha value is -2.46. The number of fused-ring (bicyclic) bond motifs is 1. The van der Waals surface area contributed by atoms with Gasteiger partial charge in [-0.1, -0.05) is 20.3 Å². The molecule has 1 aliphatic rings. The number of pyridine rings is 1. The maximum Gasteiger partial charge on any atom is 0.255 e. The molecule has 0 radical (unpaired) electrons. The Kier molecular flexibility index (Phi) is 7.32. The topological polar surface area (TPSA) is 95.3 Å². The summed E-state index contributed by atoms with van der Waals surface area (Å²) in [5.74, 6) is 0.611. The number of unbranched alkanes of at least 4 members (excludes halogenated alkanes) is 1. The number of rotatable bonds is 9. The minimum Gasteiger partial charge on any atom is -0.336 e. The summed E-state index contributed by atoms with van der Waals surface area (Å²) in [6.07, 6.45) is 5.06. The van der Waals surface area contributed by atoms with E-state index in [1.807, 2.05) is 11.3 Å². The lowest BCUT2D eigenvalue weighted by atomic mass is 10.2. The lowest BCUT2D eigenvalue weighted by molar-refractivity contribution is -0.107. The van der Waals surface area contributed by atoms with Crippen molar-refractivity contribution in [1.29, 1.82) is 0 Å². The number of aromatic nitrogens is 2. The summed E-state index contributed by atoms with van der Waals surface area (Å²) in [5, 5.41) is 0. The zero-order valence-electron chi connectivity index (χ0n) is 18.5. The van der Waals surface area contributed by atoms with Crippen LogP contribution in [0.2, 0.25) is 0 Å². The van der Waals surface area contributed by atoms with E-state index in [-0.39, 0.29) is 11.7 Å². The molecular weight excluding hydrogens is 418 g/mol. The lowest BCUT2D eigenvalue weighted by Crippen LogP contribution is -2.50. The van der Waals surface area contributed by atoms with Gasteiger partial charge in [0.05, 0.1) is 17.0 Å². The molecule has 0 N–H and O–H groups in total. The Labute approximate surface area is 183 Å². The molecule has 9 nitrogen and oxygen atoms in total. The van der Waals surface area contributed by atoms with Gasteiger partial charge in [-0.05, 0) is 31.9 Å². The molecule has 0 bridgehead atoms. The number of carbonyl (C=O) groups excluding carboxylic acids is 2. The van der Waals surface area contributed by atoms with Gasteiger partial charge in [0.25, 0.3) is 5.91 Å². The van der Waals surface area contributed by atoms with Gasteiger partial charge in [-0.3, -0.25) is 18.9 Å². The predicted octanol–water partition coefficient (Wildman–Crippen LogP) is 1.77. The van der Waals surface area contributed by atoms with E-state index in [2.05, 4.69) is 11.9 Å². The quantitative estimate of drug-likeness (QED) is 0.544. The van der Waals surface area contributed by atoms with Crippen LogP contribution in [0, 0.1) is 0 Å². The largest absolute Gasteiger partial charge is 0.336 e. The summed E-state index contributed by atoms with van der Waals surface area (Å²) in [7, 11) is -3.25. The fourth-order valence-electron chi connectivity index (χ4n) is 3.82. The molecule has 0 aromatic carbocycles. The molecule has 1 saturated heterocycles. The Morgan fingerprint density at radius 2 is 1.87 bits per heavy atom. The average Bonchev–Trinajstić information content (AvgIpc) is 3.17. The summed E-state index contributed by atoms with van der Waals surface area (Å²) in [6, 6.07) is 3.52. The summed E-state index contributed by atoms with van der Waals surface area (Å²) in [4.78, 5) is 32.9. The van der Waals surface area contributed by atoms with Gasteiger partial charge in [0.1, 0.15) is 11.5 Å². The van der Waals surface area contributed by atoms with Crippen LogP contribution in [0.4, 0.5) is 5.82 Å². The van der Waals surface area contributed by atoms with E-state index in [1.54, 1.807) is 35.1 Å². The third-order valence-corrected chi connectivity index (χ3v) is 7.56. The Morgan fingerprint density at radius 3 is 2.45 bits per heavy atom. The fourth-order valence-corrected chi connectivity index (χ4v) is 4.91. The van der Waals surface area contributed by atoms with Crippen LogP contribution in [0.5, 0.6) is 0 Å². The molecule has 0 spiro atoms. The van der Waals surface area contributed by atoms with Crippen molar-refractivity contribution in [1.82, 2.24) is 18.6 Å². The Balaban J connectivity index is 1.87. The molecule has 1 fully saturated rings. The van der Waals surface area contributed by atoms with Crippen molar-refractivity contribution in [2.75, 3.05) is 43.4 Å². The molecular formula is C21H31N5O4S. The van der Waals surface area contributed by atoms with E-state index in [0.29, 0.717) is 56.2 Å². The van der Waals surface area contributed by atoms with E-state index >= 15 is 0 Å². The van der Waals surface area contributed by atoms with Gasteiger partial charge >= 0.3 is 0 Å². The number of nitrogens with zero attached hydrogens (tertiary/aromatic N) is 5. The monoisotopic (exact) mass is 449 g/mol. The predicted molar refractivity (Wildman–Crippen MR) is 120 cm³/mol. The molecule has 2 aromatic heterocycles. The molecule has 10 heteroatoms. The van der Waals surface area contributed by atoms with Crippen LogP contribution in [-0.2, 0) is 21.2 Å². The third-order valence-electron chi connectivity index (χ3n) is 5.68. The zero-order chi connectivity index (χ0) is 22.6. The number of imidazole rings is 1. The standard InChI is InChI=1S/C21H31N5O4S/c1-4-7-10-24(16-27)20-18(5-2)22-19-9-8-17(15-26(19)20)21(28)23-11-13-25(14-12-23)31(29,30)6-3/h8-9,15-16H,4-7,10-14H2,1-3H3. The second-order valence-electron chi connectivity index (χ2n) is 7.63. The van der Waals surface area contributed by atoms with Gasteiger partial charge in [-0.25, -0.2) is 13.4 Å². The number of hydrogen-bond donors (Lipinski definition) is 0. The molecule has 3 rings (SSSR count). The van der Waals surface area contributed by atoms with Crippen molar-refractivity contribution in [3.63, 3.8) is 0 Å². The molecule has 2 aromatic rings. The van der Waals surface area contributed by atoms with Crippen molar-refractivity contribution < 1.29 is 18.0 Å². The number of piperazine rings is 1. The minimum absolute atomic E-state index is 0.0616. The van der Waals surface area contributed by atoms with E-state index in [4.69, 9.17) is 0 Å². The number of aryl methyl sites for hydroxylation is 1. The van der Waals surface area contributed by atoms with E-state index < -0.39 is 10.0 Å². The highest BCUT2D eigenvalue weighted by Gasteiger charge is 2.28. The van der Waals surface area contributed by atoms with Crippen LogP contribution < -0.4 is 4.90 Å². The van der Waals surface area contributed by atoms with Gasteiger partial charge in [-0.15, -0.1) is 0 Å². The summed E-state index contributed by atoms with van der Waals surface area (Å²) < 4.78 is 27.4. The third kappa shape index (κ3) is 4.74. The number of anilines is 1. The molecule has 0 saturated carbocycles. The van der Waals surface area contributed by atoms with E-state index in [0.717, 1.165) is 24.9 Å². The van der Waals surface area contributed by atoms with Gasteiger partial charge in [-0.2, -0.15) is 4.31 Å². The maximum atomic E-state index is 13.1. The first-order valence-corrected chi connectivity index (χ1v) is 12.5. The molecule has 0 aliphatic carbocycles. The summed E-state index contributed by atoms with van der Waals surface area (Å²) in [6.45, 7) is 7.58. The first-order valence-electron chi connectivity index (χ1n) is 10.9. The minimum atomic E-state index is -3.25. The Bertz CT molecular complexity index is 1040. The number of amides is 2. The molecule has 0 unspecified atom stereocenters. The van der Waals surface area contributed by atoms with E-state index in [9.17, 15) is 18.0 Å². The highest BCUT2D eigenvalue weighted by Crippen LogP contribution is 2.24. The first-order chi connectivity index (χ1) is 14.9. The lowest BCUT2D eigenvalue weighted by Gasteiger charge is -2.33. The van der Waals surface area contributed by atoms with Crippen LogP contribution in [0.1, 0.15) is 49.7 Å². The highest BCUT2D eigenvalue weighted by atomic mass is 32.2. The highest BCUT2D eigenvalue weighted by molar-refractivity contribution is 7.89. The van der Waals surface area contributed by atoms with Crippen molar-refractivity contribution >= 4 is 33.8 Å². The summed E-state index contributed by atoms with van der Waals surface area (Å²) >= 11 is 0. The molecule has 2 amide bonds. The van der Waals surface area contributed by atoms with Crippen molar-refractivity contribution in [2.45, 2.75) is 40.0 Å². The van der Waals surface area contributed by atoms with Gasteiger partial charge in [0, 0.05) is 38.9 Å².